The van der Waals surface area contributed by atoms with Crippen LogP contribution in [0, 0.1) is 5.82 Å². The van der Waals surface area contributed by atoms with E-state index in [0.29, 0.717) is 25.9 Å². The van der Waals surface area contributed by atoms with Crippen LogP contribution in [-0.4, -0.2) is 23.4 Å². The fourth-order valence-corrected chi connectivity index (χ4v) is 3.18. The fourth-order valence-electron chi connectivity index (χ4n) is 2.69. The van der Waals surface area contributed by atoms with Crippen LogP contribution in [0.15, 0.2) is 22.7 Å². The summed E-state index contributed by atoms with van der Waals surface area (Å²) >= 11 is 3.36. The summed E-state index contributed by atoms with van der Waals surface area (Å²) in [7, 11) is 0. The lowest BCUT2D eigenvalue weighted by atomic mass is 9.83. The highest BCUT2D eigenvalue weighted by molar-refractivity contribution is 9.10. The van der Waals surface area contributed by atoms with Gasteiger partial charge in [0.05, 0.1) is 11.7 Å². The molecule has 1 saturated heterocycles. The van der Waals surface area contributed by atoms with Gasteiger partial charge in [-0.05, 0) is 30.5 Å². The first kappa shape index (κ1) is 14.9. The summed E-state index contributed by atoms with van der Waals surface area (Å²) in [5, 5.41) is 10.7. The topological polar surface area (TPSA) is 29.5 Å². The van der Waals surface area contributed by atoms with Crippen molar-refractivity contribution in [1.82, 2.24) is 0 Å². The lowest BCUT2D eigenvalue weighted by molar-refractivity contribution is -0.105. The lowest BCUT2D eigenvalue weighted by Gasteiger charge is -2.37. The van der Waals surface area contributed by atoms with Gasteiger partial charge in [0.25, 0.3) is 0 Å². The molecular weight excluding hydrogens is 311 g/mol. The Kier molecular flexibility index (Phi) is 4.98. The maximum absolute atomic E-state index is 13.1. The van der Waals surface area contributed by atoms with Crippen LogP contribution in [0.5, 0.6) is 0 Å². The Morgan fingerprint density at radius 2 is 2.32 bits per heavy atom. The molecule has 0 radical (unpaired) electrons. The van der Waals surface area contributed by atoms with E-state index in [0.717, 1.165) is 22.9 Å². The summed E-state index contributed by atoms with van der Waals surface area (Å²) in [4.78, 5) is 0. The Labute approximate surface area is 122 Å². The van der Waals surface area contributed by atoms with Crippen LogP contribution in [0.4, 0.5) is 4.39 Å². The molecule has 1 fully saturated rings. The average molecular weight is 331 g/mol. The second-order valence-corrected chi connectivity index (χ2v) is 6.23. The second-order valence-electron chi connectivity index (χ2n) is 5.37. The standard InChI is InChI=1S/C15H20BrFO2/c1-2-3-13-10-15(18,6-7-19-13)9-11-4-5-12(17)8-14(11)16/h4-5,8,13,18H,2-3,6-7,9-10H2,1H3. The van der Waals surface area contributed by atoms with Crippen molar-refractivity contribution < 1.29 is 14.2 Å². The van der Waals surface area contributed by atoms with E-state index < -0.39 is 5.60 Å². The predicted molar refractivity (Wildman–Crippen MR) is 76.6 cm³/mol. The van der Waals surface area contributed by atoms with E-state index in [2.05, 4.69) is 22.9 Å². The first-order valence-corrected chi connectivity index (χ1v) is 7.59. The van der Waals surface area contributed by atoms with Crippen molar-refractivity contribution in [2.75, 3.05) is 6.61 Å². The molecule has 1 aliphatic rings. The molecule has 0 bridgehead atoms. The van der Waals surface area contributed by atoms with Crippen molar-refractivity contribution in [1.29, 1.82) is 0 Å². The van der Waals surface area contributed by atoms with Crippen LogP contribution in [0.2, 0.25) is 0 Å². The van der Waals surface area contributed by atoms with Crippen LogP contribution < -0.4 is 0 Å². The molecule has 2 nitrogen and oxygen atoms in total. The van der Waals surface area contributed by atoms with Crippen LogP contribution >= 0.6 is 15.9 Å². The third kappa shape index (κ3) is 4.01. The maximum Gasteiger partial charge on any atom is 0.124 e. The first-order valence-electron chi connectivity index (χ1n) is 6.80. The number of halogens is 2. The molecule has 0 spiro atoms. The van der Waals surface area contributed by atoms with Crippen molar-refractivity contribution in [3.05, 3.63) is 34.1 Å². The van der Waals surface area contributed by atoms with E-state index in [9.17, 15) is 9.50 Å². The van der Waals surface area contributed by atoms with Crippen molar-refractivity contribution in [2.45, 2.75) is 50.7 Å². The summed E-state index contributed by atoms with van der Waals surface area (Å²) in [5.41, 5.74) is 0.208. The van der Waals surface area contributed by atoms with Gasteiger partial charge in [0.15, 0.2) is 0 Å². The molecule has 0 aromatic heterocycles. The molecule has 19 heavy (non-hydrogen) atoms. The number of ether oxygens (including phenoxy) is 1. The molecule has 1 aromatic carbocycles. The molecular formula is C15H20BrFO2. The molecule has 1 N–H and O–H groups in total. The normalized spacial score (nSPS) is 27.5. The molecule has 2 unspecified atom stereocenters. The van der Waals surface area contributed by atoms with Crippen LogP contribution in [-0.2, 0) is 11.2 Å². The van der Waals surface area contributed by atoms with Gasteiger partial charge < -0.3 is 9.84 Å². The number of hydrogen-bond donors (Lipinski definition) is 1. The molecule has 1 aliphatic heterocycles. The number of hydrogen-bond acceptors (Lipinski definition) is 2. The summed E-state index contributed by atoms with van der Waals surface area (Å²) in [5.74, 6) is -0.265. The van der Waals surface area contributed by atoms with Gasteiger partial charge in [-0.2, -0.15) is 0 Å². The highest BCUT2D eigenvalue weighted by atomic mass is 79.9. The van der Waals surface area contributed by atoms with Gasteiger partial charge in [-0.15, -0.1) is 0 Å². The fraction of sp³-hybridized carbons (Fsp3) is 0.600. The zero-order chi connectivity index (χ0) is 13.9. The molecule has 2 atom stereocenters. The Morgan fingerprint density at radius 3 is 3.00 bits per heavy atom. The summed E-state index contributed by atoms with van der Waals surface area (Å²) in [6.45, 7) is 2.72. The zero-order valence-electron chi connectivity index (χ0n) is 11.2. The van der Waals surface area contributed by atoms with Gasteiger partial charge >= 0.3 is 0 Å². The molecule has 0 amide bonds. The molecule has 0 saturated carbocycles. The molecule has 106 valence electrons. The Morgan fingerprint density at radius 1 is 1.53 bits per heavy atom. The van der Waals surface area contributed by atoms with Gasteiger partial charge in [-0.1, -0.05) is 35.3 Å². The van der Waals surface area contributed by atoms with E-state index in [1.807, 2.05) is 0 Å². The van der Waals surface area contributed by atoms with Crippen LogP contribution in [0.3, 0.4) is 0 Å². The minimum absolute atomic E-state index is 0.142. The van der Waals surface area contributed by atoms with Gasteiger partial charge in [0.1, 0.15) is 5.82 Å². The van der Waals surface area contributed by atoms with E-state index in [1.165, 1.54) is 12.1 Å². The number of benzene rings is 1. The molecule has 2 rings (SSSR count). The molecule has 4 heteroatoms. The van der Waals surface area contributed by atoms with Gasteiger partial charge in [0.2, 0.25) is 0 Å². The monoisotopic (exact) mass is 330 g/mol. The number of rotatable bonds is 4. The lowest BCUT2D eigenvalue weighted by Crippen LogP contribution is -2.42. The Bertz CT molecular complexity index is 436. The minimum Gasteiger partial charge on any atom is -0.389 e. The van der Waals surface area contributed by atoms with Gasteiger partial charge in [-0.25, -0.2) is 4.39 Å². The van der Waals surface area contributed by atoms with E-state index in [-0.39, 0.29) is 11.9 Å². The molecule has 1 aromatic rings. The third-order valence-electron chi connectivity index (χ3n) is 3.67. The summed E-state index contributed by atoms with van der Waals surface area (Å²) in [6, 6.07) is 4.62. The zero-order valence-corrected chi connectivity index (χ0v) is 12.7. The Balaban J connectivity index is 2.07. The highest BCUT2D eigenvalue weighted by Crippen LogP contribution is 2.32. The van der Waals surface area contributed by atoms with E-state index >= 15 is 0 Å². The van der Waals surface area contributed by atoms with Gasteiger partial charge in [0, 0.05) is 23.9 Å². The minimum atomic E-state index is -0.738. The highest BCUT2D eigenvalue weighted by Gasteiger charge is 2.35. The molecule has 0 aliphatic carbocycles. The second kappa shape index (κ2) is 6.33. The molecule has 1 heterocycles. The predicted octanol–water partition coefficient (Wildman–Crippen LogP) is 3.84. The Hall–Kier alpha value is -0.450. The average Bonchev–Trinajstić information content (AvgIpc) is 2.33. The largest absolute Gasteiger partial charge is 0.389 e. The van der Waals surface area contributed by atoms with Crippen molar-refractivity contribution in [3.8, 4) is 0 Å². The van der Waals surface area contributed by atoms with Crippen molar-refractivity contribution >= 4 is 15.9 Å². The maximum atomic E-state index is 13.1. The van der Waals surface area contributed by atoms with Crippen molar-refractivity contribution in [2.24, 2.45) is 0 Å². The summed E-state index contributed by atoms with van der Waals surface area (Å²) < 4.78 is 19.5. The van der Waals surface area contributed by atoms with Crippen LogP contribution in [0.1, 0.15) is 38.2 Å². The SMILES string of the molecule is CCCC1CC(O)(Cc2ccc(F)cc2Br)CCO1. The smallest absolute Gasteiger partial charge is 0.124 e. The third-order valence-corrected chi connectivity index (χ3v) is 4.41. The summed E-state index contributed by atoms with van der Waals surface area (Å²) in [6.07, 6.45) is 4.01. The van der Waals surface area contributed by atoms with Gasteiger partial charge in [-0.3, -0.25) is 0 Å². The van der Waals surface area contributed by atoms with E-state index in [4.69, 9.17) is 4.74 Å². The quantitative estimate of drug-likeness (QED) is 0.908. The number of aliphatic hydroxyl groups is 1. The van der Waals surface area contributed by atoms with Crippen LogP contribution in [0.25, 0.3) is 0 Å². The van der Waals surface area contributed by atoms with E-state index in [1.54, 1.807) is 6.07 Å². The van der Waals surface area contributed by atoms with Crippen molar-refractivity contribution in [3.63, 3.8) is 0 Å². The first-order chi connectivity index (χ1) is 9.02.